The first-order valence-electron chi connectivity index (χ1n) is 8.83. The molecule has 1 aromatic carbocycles. The van der Waals surface area contributed by atoms with Crippen molar-refractivity contribution in [3.8, 4) is 0 Å². The molecule has 0 saturated heterocycles. The summed E-state index contributed by atoms with van der Waals surface area (Å²) in [6.07, 6.45) is 3.43. The average molecular weight is 427 g/mol. The Labute approximate surface area is 177 Å². The Hall–Kier alpha value is -3.03. The van der Waals surface area contributed by atoms with Crippen molar-refractivity contribution in [2.75, 3.05) is 5.32 Å². The number of aromatic nitrogens is 2. The van der Waals surface area contributed by atoms with E-state index in [2.05, 4.69) is 20.6 Å². The molecule has 29 heavy (non-hydrogen) atoms. The van der Waals surface area contributed by atoms with Crippen molar-refractivity contribution in [3.05, 3.63) is 76.2 Å². The predicted octanol–water partition coefficient (Wildman–Crippen LogP) is 5.11. The lowest BCUT2D eigenvalue weighted by molar-refractivity contribution is 0.0965. The van der Waals surface area contributed by atoms with E-state index in [0.29, 0.717) is 32.6 Å². The predicted molar refractivity (Wildman–Crippen MR) is 117 cm³/mol. The van der Waals surface area contributed by atoms with E-state index in [1.165, 1.54) is 11.3 Å². The van der Waals surface area contributed by atoms with Gasteiger partial charge < -0.3 is 5.32 Å². The van der Waals surface area contributed by atoms with Gasteiger partial charge in [-0.25, -0.2) is 4.98 Å². The first kappa shape index (κ1) is 20.7. The Bertz CT molecular complexity index is 1130. The third-order valence-electron chi connectivity index (χ3n) is 4.18. The Morgan fingerprint density at radius 3 is 2.59 bits per heavy atom. The van der Waals surface area contributed by atoms with Crippen LogP contribution < -0.4 is 10.6 Å². The summed E-state index contributed by atoms with van der Waals surface area (Å²) in [6.45, 7) is 5.49. The largest absolute Gasteiger partial charge is 0.321 e. The highest BCUT2D eigenvalue weighted by Crippen LogP contribution is 2.27. The Morgan fingerprint density at radius 1 is 1.14 bits per heavy atom. The van der Waals surface area contributed by atoms with Crippen molar-refractivity contribution in [2.45, 2.75) is 20.8 Å². The minimum Gasteiger partial charge on any atom is -0.321 e. The molecule has 3 aromatic rings. The minimum atomic E-state index is -0.336. The van der Waals surface area contributed by atoms with Gasteiger partial charge in [-0.15, -0.1) is 0 Å². The lowest BCUT2D eigenvalue weighted by Crippen LogP contribution is -2.24. The van der Waals surface area contributed by atoms with Crippen LogP contribution in [0.4, 0.5) is 5.13 Å². The van der Waals surface area contributed by atoms with Gasteiger partial charge >= 0.3 is 0 Å². The second-order valence-electron chi connectivity index (χ2n) is 6.20. The molecule has 2 amide bonds. The number of nitrogens with one attached hydrogen (secondary N) is 2. The van der Waals surface area contributed by atoms with Crippen LogP contribution in [0.1, 0.15) is 41.6 Å². The average Bonchev–Trinajstić information content (AvgIpc) is 3.12. The molecule has 0 aliphatic carbocycles. The monoisotopic (exact) mass is 426 g/mol. The number of halogens is 1. The number of nitrogens with zero attached hydrogens (tertiary/aromatic N) is 2. The summed E-state index contributed by atoms with van der Waals surface area (Å²) in [4.78, 5) is 33.3. The third kappa shape index (κ3) is 4.88. The highest BCUT2D eigenvalue weighted by atomic mass is 35.5. The summed E-state index contributed by atoms with van der Waals surface area (Å²) in [5, 5.41) is 6.54. The van der Waals surface area contributed by atoms with Crippen molar-refractivity contribution in [1.82, 2.24) is 15.3 Å². The minimum absolute atomic E-state index is 0.268. The van der Waals surface area contributed by atoms with Crippen LogP contribution in [0.25, 0.3) is 10.2 Å². The van der Waals surface area contributed by atoms with Crippen LogP contribution in [0, 0.1) is 0 Å². The molecule has 2 aromatic heterocycles. The molecule has 148 valence electrons. The van der Waals surface area contributed by atoms with Crippen LogP contribution in [0.3, 0.4) is 0 Å². The maximum atomic E-state index is 12.7. The van der Waals surface area contributed by atoms with E-state index in [-0.39, 0.29) is 11.8 Å². The Kier molecular flexibility index (Phi) is 6.41. The second-order valence-corrected chi connectivity index (χ2v) is 7.80. The first-order valence-corrected chi connectivity index (χ1v) is 10.0. The number of carbonyl (C=O) groups excluding carboxylic acids is 2. The van der Waals surface area contributed by atoms with Crippen molar-refractivity contribution in [1.29, 1.82) is 0 Å². The summed E-state index contributed by atoms with van der Waals surface area (Å²) < 4.78 is 0.782. The van der Waals surface area contributed by atoms with Crippen LogP contribution in [0.15, 0.2) is 65.0 Å². The standard InChI is InChI=1S/C21H19ClN4O2S/c1-4-12(2)18(13(3)22)25-19(27)14-8-9-15-17(11-14)29-21(24-15)26-20(28)16-7-5-6-10-23-16/h4-11H,1-3H3,(H,25,27)(H,24,26,28)/b12-4-,18-13-. The number of carbonyl (C=O) groups is 2. The fourth-order valence-corrected chi connectivity index (χ4v) is 3.66. The zero-order chi connectivity index (χ0) is 21.0. The van der Waals surface area contributed by atoms with Gasteiger partial charge in [0, 0.05) is 16.8 Å². The molecule has 3 rings (SSSR count). The number of thiazole rings is 1. The number of pyridine rings is 1. The molecule has 0 saturated carbocycles. The van der Waals surface area contributed by atoms with Crippen molar-refractivity contribution in [3.63, 3.8) is 0 Å². The van der Waals surface area contributed by atoms with E-state index in [9.17, 15) is 9.59 Å². The Balaban J connectivity index is 1.81. The Morgan fingerprint density at radius 2 is 1.93 bits per heavy atom. The van der Waals surface area contributed by atoms with Gasteiger partial charge in [0.1, 0.15) is 5.69 Å². The van der Waals surface area contributed by atoms with Gasteiger partial charge in [0.25, 0.3) is 11.8 Å². The number of fused-ring (bicyclic) bond motifs is 1. The van der Waals surface area contributed by atoms with Gasteiger partial charge in [-0.1, -0.05) is 35.1 Å². The third-order valence-corrected chi connectivity index (χ3v) is 5.30. The van der Waals surface area contributed by atoms with Crippen LogP contribution in [0.2, 0.25) is 0 Å². The van der Waals surface area contributed by atoms with Crippen molar-refractivity contribution in [2.24, 2.45) is 0 Å². The van der Waals surface area contributed by atoms with E-state index >= 15 is 0 Å². The molecular formula is C21H19ClN4O2S. The molecule has 2 heterocycles. The van der Waals surface area contributed by atoms with Gasteiger partial charge in [-0.3, -0.25) is 19.9 Å². The van der Waals surface area contributed by atoms with Crippen molar-refractivity contribution >= 4 is 50.1 Å². The SMILES string of the molecule is C/C=C(C)\C(NC(=O)c1ccc2nc(NC(=O)c3ccccn3)sc2c1)=C(/C)Cl. The quantitative estimate of drug-likeness (QED) is 0.555. The molecule has 0 aliphatic heterocycles. The zero-order valence-corrected chi connectivity index (χ0v) is 17.7. The van der Waals surface area contributed by atoms with E-state index in [0.717, 1.165) is 10.3 Å². The summed E-state index contributed by atoms with van der Waals surface area (Å²) in [5.41, 5.74) is 2.94. The molecule has 6 nitrogen and oxygen atoms in total. The maximum absolute atomic E-state index is 12.7. The summed E-state index contributed by atoms with van der Waals surface area (Å²) in [6, 6.07) is 10.3. The summed E-state index contributed by atoms with van der Waals surface area (Å²) in [5.74, 6) is -0.604. The van der Waals surface area contributed by atoms with Crippen LogP contribution in [0.5, 0.6) is 0 Å². The van der Waals surface area contributed by atoms with Crippen LogP contribution in [-0.4, -0.2) is 21.8 Å². The lowest BCUT2D eigenvalue weighted by atomic mass is 10.1. The molecule has 0 unspecified atom stereocenters. The molecule has 0 fully saturated rings. The molecular weight excluding hydrogens is 408 g/mol. The number of benzene rings is 1. The number of allylic oxidation sites excluding steroid dienone is 3. The van der Waals surface area contributed by atoms with E-state index in [4.69, 9.17) is 11.6 Å². The van der Waals surface area contributed by atoms with Gasteiger partial charge in [-0.05, 0) is 56.7 Å². The van der Waals surface area contributed by atoms with Crippen LogP contribution in [-0.2, 0) is 0 Å². The number of amides is 2. The second kappa shape index (κ2) is 8.98. The molecule has 0 bridgehead atoms. The molecule has 0 atom stereocenters. The van der Waals surface area contributed by atoms with Gasteiger partial charge in [0.15, 0.2) is 5.13 Å². The topological polar surface area (TPSA) is 84.0 Å². The number of rotatable bonds is 5. The first-order chi connectivity index (χ1) is 13.9. The fourth-order valence-electron chi connectivity index (χ4n) is 2.56. The van der Waals surface area contributed by atoms with E-state index < -0.39 is 0 Å². The molecule has 2 N–H and O–H groups in total. The van der Waals surface area contributed by atoms with Gasteiger partial charge in [-0.2, -0.15) is 0 Å². The number of hydrogen-bond donors (Lipinski definition) is 2. The molecule has 8 heteroatoms. The highest BCUT2D eigenvalue weighted by molar-refractivity contribution is 7.22. The molecule has 0 spiro atoms. The van der Waals surface area contributed by atoms with Gasteiger partial charge in [0.2, 0.25) is 0 Å². The molecule has 0 aliphatic rings. The summed E-state index contributed by atoms with van der Waals surface area (Å²) in [7, 11) is 0. The van der Waals surface area contributed by atoms with Crippen molar-refractivity contribution < 1.29 is 9.59 Å². The van der Waals surface area contributed by atoms with Crippen LogP contribution >= 0.6 is 22.9 Å². The zero-order valence-electron chi connectivity index (χ0n) is 16.1. The van der Waals surface area contributed by atoms with E-state index in [1.807, 2.05) is 19.9 Å². The number of anilines is 1. The van der Waals surface area contributed by atoms with E-state index in [1.54, 1.807) is 49.5 Å². The summed E-state index contributed by atoms with van der Waals surface area (Å²) >= 11 is 7.40. The highest BCUT2D eigenvalue weighted by Gasteiger charge is 2.14. The van der Waals surface area contributed by atoms with Gasteiger partial charge in [0.05, 0.1) is 15.9 Å². The fraction of sp³-hybridized carbons (Fsp3) is 0.143. The lowest BCUT2D eigenvalue weighted by Gasteiger charge is -2.11. The maximum Gasteiger partial charge on any atom is 0.276 e. The number of hydrogen-bond acceptors (Lipinski definition) is 5. The normalized spacial score (nSPS) is 12.5. The molecule has 0 radical (unpaired) electrons. The smallest absolute Gasteiger partial charge is 0.276 e.